The van der Waals surface area contributed by atoms with Crippen molar-refractivity contribution in [2.24, 2.45) is 0 Å². The largest absolute Gasteiger partial charge is 0.471 e. The highest BCUT2D eigenvalue weighted by molar-refractivity contribution is 5.97. The Balaban J connectivity index is 1.95. The van der Waals surface area contributed by atoms with Gasteiger partial charge in [-0.25, -0.2) is 14.3 Å². The molecule has 0 aliphatic carbocycles. The Morgan fingerprint density at radius 3 is 2.72 bits per heavy atom. The highest BCUT2D eigenvalue weighted by Crippen LogP contribution is 2.26. The fourth-order valence-corrected chi connectivity index (χ4v) is 2.54. The lowest BCUT2D eigenvalue weighted by atomic mass is 10.1. The van der Waals surface area contributed by atoms with Gasteiger partial charge in [0.2, 0.25) is 0 Å². The molecular formula is C14H12F3N5O3. The molecule has 2 aromatic rings. The summed E-state index contributed by atoms with van der Waals surface area (Å²) in [5.41, 5.74) is 1.36. The van der Waals surface area contributed by atoms with Crippen molar-refractivity contribution in [2.75, 3.05) is 18.4 Å². The van der Waals surface area contributed by atoms with Crippen molar-refractivity contribution in [3.05, 3.63) is 30.2 Å². The van der Waals surface area contributed by atoms with Crippen molar-refractivity contribution in [1.82, 2.24) is 19.5 Å². The Kier molecular flexibility index (Phi) is 4.07. The highest BCUT2D eigenvalue weighted by atomic mass is 19.4. The Morgan fingerprint density at radius 1 is 1.28 bits per heavy atom. The molecule has 8 nitrogen and oxygen atoms in total. The zero-order chi connectivity index (χ0) is 18.2. The zero-order valence-corrected chi connectivity index (χ0v) is 12.6. The first-order chi connectivity index (χ1) is 11.8. The van der Waals surface area contributed by atoms with Crippen molar-refractivity contribution >= 4 is 28.9 Å². The molecule has 0 radical (unpaired) electrons. The summed E-state index contributed by atoms with van der Waals surface area (Å²) in [6, 6.07) is 3.05. The summed E-state index contributed by atoms with van der Waals surface area (Å²) >= 11 is 0. The third kappa shape index (κ3) is 3.25. The number of rotatable bonds is 2. The topological polar surface area (TPSA) is 99.8 Å². The maximum atomic E-state index is 12.4. The van der Waals surface area contributed by atoms with Gasteiger partial charge >= 0.3 is 18.2 Å². The van der Waals surface area contributed by atoms with Gasteiger partial charge in [0.05, 0.1) is 12.2 Å². The van der Waals surface area contributed by atoms with Gasteiger partial charge in [0.1, 0.15) is 11.8 Å². The van der Waals surface area contributed by atoms with Crippen LogP contribution in [-0.2, 0) is 4.79 Å². The van der Waals surface area contributed by atoms with E-state index in [1.165, 1.54) is 15.5 Å². The standard InChI is InChI=1S/C14H12F3N5O3/c15-14(16,17)12(23)20-11-10-4-3-9(22(10)19-7-18-11)8-2-1-5-21(6-8)13(24)25/h2-4,7H,1,5-6H2,(H,24,25)(H,18,19,20,23). The quantitative estimate of drug-likeness (QED) is 0.858. The molecule has 0 bridgehead atoms. The molecule has 1 aliphatic heterocycles. The molecule has 2 aromatic heterocycles. The van der Waals surface area contributed by atoms with Gasteiger partial charge in [0.15, 0.2) is 5.82 Å². The molecule has 3 rings (SSSR count). The summed E-state index contributed by atoms with van der Waals surface area (Å²) in [4.78, 5) is 27.1. The Labute approximate surface area is 138 Å². The maximum absolute atomic E-state index is 12.4. The van der Waals surface area contributed by atoms with Crippen molar-refractivity contribution in [2.45, 2.75) is 12.6 Å². The molecule has 0 saturated carbocycles. The lowest BCUT2D eigenvalue weighted by Gasteiger charge is -2.24. The summed E-state index contributed by atoms with van der Waals surface area (Å²) in [6.07, 6.45) is -2.72. The summed E-state index contributed by atoms with van der Waals surface area (Å²) in [7, 11) is 0. The number of amides is 2. The number of hydrogen-bond donors (Lipinski definition) is 2. The number of alkyl halides is 3. The second-order valence-electron chi connectivity index (χ2n) is 5.30. The van der Waals surface area contributed by atoms with Crippen molar-refractivity contribution < 1.29 is 27.9 Å². The van der Waals surface area contributed by atoms with Gasteiger partial charge < -0.3 is 15.3 Å². The molecule has 0 unspecified atom stereocenters. The second kappa shape index (κ2) is 6.07. The molecule has 1 aliphatic rings. The number of carbonyl (C=O) groups is 2. The molecular weight excluding hydrogens is 343 g/mol. The van der Waals surface area contributed by atoms with Gasteiger partial charge in [-0.2, -0.15) is 18.3 Å². The van der Waals surface area contributed by atoms with E-state index < -0.39 is 18.2 Å². The summed E-state index contributed by atoms with van der Waals surface area (Å²) in [5.74, 6) is -2.42. The van der Waals surface area contributed by atoms with Crippen LogP contribution < -0.4 is 5.32 Å². The molecule has 25 heavy (non-hydrogen) atoms. The number of nitrogens with one attached hydrogen (secondary N) is 1. The van der Waals surface area contributed by atoms with Gasteiger partial charge in [-0.1, -0.05) is 6.08 Å². The minimum Gasteiger partial charge on any atom is -0.465 e. The number of anilines is 1. The van der Waals surface area contributed by atoms with Crippen molar-refractivity contribution in [3.63, 3.8) is 0 Å². The van der Waals surface area contributed by atoms with Gasteiger partial charge in [0.25, 0.3) is 0 Å². The third-order valence-electron chi connectivity index (χ3n) is 3.69. The van der Waals surface area contributed by atoms with Crippen molar-refractivity contribution in [3.8, 4) is 0 Å². The minimum atomic E-state index is -5.04. The van der Waals surface area contributed by atoms with E-state index in [1.807, 2.05) is 6.08 Å². The molecule has 2 amide bonds. The van der Waals surface area contributed by atoms with E-state index in [0.29, 0.717) is 24.2 Å². The van der Waals surface area contributed by atoms with Crippen molar-refractivity contribution in [1.29, 1.82) is 0 Å². The first-order valence-corrected chi connectivity index (χ1v) is 7.15. The van der Waals surface area contributed by atoms with E-state index in [9.17, 15) is 22.8 Å². The number of carboxylic acid groups (broad SMARTS) is 1. The van der Waals surface area contributed by atoms with Crippen LogP contribution in [0.5, 0.6) is 0 Å². The molecule has 0 aromatic carbocycles. The number of fused-ring (bicyclic) bond motifs is 1. The first-order valence-electron chi connectivity index (χ1n) is 7.15. The Morgan fingerprint density at radius 2 is 2.04 bits per heavy atom. The normalized spacial score (nSPS) is 15.2. The van der Waals surface area contributed by atoms with E-state index in [1.54, 1.807) is 11.4 Å². The molecule has 2 N–H and O–H groups in total. The van der Waals surface area contributed by atoms with Crippen LogP contribution in [0.2, 0.25) is 0 Å². The minimum absolute atomic E-state index is 0.135. The molecule has 11 heteroatoms. The van der Waals surface area contributed by atoms with Crippen LogP contribution in [0.4, 0.5) is 23.8 Å². The van der Waals surface area contributed by atoms with Crippen LogP contribution in [0.3, 0.4) is 0 Å². The Hall–Kier alpha value is -3.11. The second-order valence-corrected chi connectivity index (χ2v) is 5.30. The van der Waals surface area contributed by atoms with Crippen LogP contribution in [0, 0.1) is 0 Å². The van der Waals surface area contributed by atoms with Crippen LogP contribution in [-0.4, -0.2) is 55.9 Å². The fourth-order valence-electron chi connectivity index (χ4n) is 2.54. The summed E-state index contributed by atoms with van der Waals surface area (Å²) < 4.78 is 38.6. The summed E-state index contributed by atoms with van der Waals surface area (Å²) in [6.45, 7) is 0.500. The molecule has 0 atom stereocenters. The number of halogens is 3. The van der Waals surface area contributed by atoms with Crippen LogP contribution in [0.1, 0.15) is 12.1 Å². The van der Waals surface area contributed by atoms with Crippen LogP contribution >= 0.6 is 0 Å². The van der Waals surface area contributed by atoms with Crippen LogP contribution in [0.25, 0.3) is 11.1 Å². The third-order valence-corrected chi connectivity index (χ3v) is 3.69. The lowest BCUT2D eigenvalue weighted by molar-refractivity contribution is -0.167. The maximum Gasteiger partial charge on any atom is 0.471 e. The van der Waals surface area contributed by atoms with Gasteiger partial charge in [-0.05, 0) is 24.1 Å². The van der Waals surface area contributed by atoms with Gasteiger partial charge in [0, 0.05) is 6.54 Å². The number of nitrogens with zero attached hydrogens (tertiary/aromatic N) is 4. The van der Waals surface area contributed by atoms with Crippen LogP contribution in [0.15, 0.2) is 24.5 Å². The molecule has 0 saturated heterocycles. The first kappa shape index (κ1) is 16.7. The van der Waals surface area contributed by atoms with Gasteiger partial charge in [-0.15, -0.1) is 0 Å². The highest BCUT2D eigenvalue weighted by Gasteiger charge is 2.39. The predicted octanol–water partition coefficient (Wildman–Crippen LogP) is 2.00. The van der Waals surface area contributed by atoms with E-state index in [0.717, 1.165) is 6.33 Å². The van der Waals surface area contributed by atoms with E-state index in [4.69, 9.17) is 5.11 Å². The van der Waals surface area contributed by atoms with Gasteiger partial charge in [-0.3, -0.25) is 4.79 Å². The number of carbonyl (C=O) groups excluding carboxylic acids is 1. The average Bonchev–Trinajstić information content (AvgIpc) is 2.99. The number of hydrogen-bond acceptors (Lipinski definition) is 4. The smallest absolute Gasteiger partial charge is 0.465 e. The van der Waals surface area contributed by atoms with E-state index in [-0.39, 0.29) is 17.9 Å². The average molecular weight is 355 g/mol. The lowest BCUT2D eigenvalue weighted by Crippen LogP contribution is -2.34. The molecule has 132 valence electrons. The van der Waals surface area contributed by atoms with E-state index >= 15 is 0 Å². The van der Waals surface area contributed by atoms with E-state index in [2.05, 4.69) is 10.1 Å². The molecule has 3 heterocycles. The molecule has 0 fully saturated rings. The number of aromatic nitrogens is 3. The Bertz CT molecular complexity index is 874. The monoisotopic (exact) mass is 355 g/mol. The summed E-state index contributed by atoms with van der Waals surface area (Å²) in [5, 5.41) is 14.8. The molecule has 0 spiro atoms. The predicted molar refractivity (Wildman–Crippen MR) is 79.9 cm³/mol. The zero-order valence-electron chi connectivity index (χ0n) is 12.6. The fraction of sp³-hybridized carbons (Fsp3) is 0.286. The SMILES string of the molecule is O=C(O)N1CCC=C(c2ccc3c(NC(=O)C(F)(F)F)ncnn23)C1.